The van der Waals surface area contributed by atoms with E-state index in [1.807, 2.05) is 26.1 Å². The van der Waals surface area contributed by atoms with E-state index in [1.165, 1.54) is 0 Å². The molecule has 1 aromatic heterocycles. The summed E-state index contributed by atoms with van der Waals surface area (Å²) in [6, 6.07) is 7.27. The van der Waals surface area contributed by atoms with E-state index in [1.54, 1.807) is 16.4 Å². The molecule has 0 spiro atoms. The predicted molar refractivity (Wildman–Crippen MR) is 102 cm³/mol. The Morgan fingerprint density at radius 3 is 2.48 bits per heavy atom. The van der Waals surface area contributed by atoms with Crippen molar-refractivity contribution in [3.8, 4) is 0 Å². The van der Waals surface area contributed by atoms with Crippen molar-refractivity contribution < 1.29 is 12.9 Å². The standard InChI is InChI=1S/C18H27N5O3S/c1-14-4-6-16(7-5-14)27(24,25)23-10-8-22(9-11-23)13-18-20-17(21-26-18)12-15(2)19-3/h4-7,15,19H,8-13H2,1-3H3. The highest BCUT2D eigenvalue weighted by Crippen LogP contribution is 2.19. The van der Waals surface area contributed by atoms with Gasteiger partial charge in [0.25, 0.3) is 0 Å². The molecule has 0 radical (unpaired) electrons. The SMILES string of the molecule is CNC(C)Cc1noc(CN2CCN(S(=O)(=O)c3ccc(C)cc3)CC2)n1. The second-order valence-electron chi connectivity index (χ2n) is 6.99. The van der Waals surface area contributed by atoms with Crippen molar-refractivity contribution in [2.75, 3.05) is 33.2 Å². The maximum atomic E-state index is 12.8. The molecule has 27 heavy (non-hydrogen) atoms. The highest BCUT2D eigenvalue weighted by atomic mass is 32.2. The summed E-state index contributed by atoms with van der Waals surface area (Å²) in [7, 11) is -1.54. The molecule has 1 fully saturated rings. The van der Waals surface area contributed by atoms with Gasteiger partial charge in [0.05, 0.1) is 11.4 Å². The normalized spacial score (nSPS) is 17.9. The third-order valence-corrected chi connectivity index (χ3v) is 6.75. The number of sulfonamides is 1. The van der Waals surface area contributed by atoms with Gasteiger partial charge >= 0.3 is 0 Å². The average molecular weight is 394 g/mol. The Labute approximate surface area is 160 Å². The fraction of sp³-hybridized carbons (Fsp3) is 0.556. The molecule has 2 aromatic rings. The molecule has 1 N–H and O–H groups in total. The van der Waals surface area contributed by atoms with Crippen molar-refractivity contribution in [1.29, 1.82) is 0 Å². The van der Waals surface area contributed by atoms with Crippen LogP contribution in [0, 0.1) is 6.92 Å². The lowest BCUT2D eigenvalue weighted by Crippen LogP contribution is -2.48. The molecule has 9 heteroatoms. The number of hydrogen-bond acceptors (Lipinski definition) is 7. The van der Waals surface area contributed by atoms with Crippen LogP contribution in [0.4, 0.5) is 0 Å². The second kappa shape index (κ2) is 8.47. The zero-order chi connectivity index (χ0) is 19.4. The lowest BCUT2D eigenvalue weighted by Gasteiger charge is -2.33. The molecule has 0 aliphatic carbocycles. The zero-order valence-corrected chi connectivity index (χ0v) is 16.9. The van der Waals surface area contributed by atoms with Gasteiger partial charge in [0, 0.05) is 38.6 Å². The van der Waals surface area contributed by atoms with Crippen LogP contribution in [-0.4, -0.2) is 67.0 Å². The highest BCUT2D eigenvalue weighted by Gasteiger charge is 2.29. The molecule has 0 bridgehead atoms. The van der Waals surface area contributed by atoms with E-state index in [-0.39, 0.29) is 6.04 Å². The molecular formula is C18H27N5O3S. The minimum atomic E-state index is -3.44. The van der Waals surface area contributed by atoms with Gasteiger partial charge in [-0.3, -0.25) is 4.90 Å². The summed E-state index contributed by atoms with van der Waals surface area (Å²) >= 11 is 0. The van der Waals surface area contributed by atoms with Crippen LogP contribution in [-0.2, 0) is 23.0 Å². The molecule has 8 nitrogen and oxygen atoms in total. The van der Waals surface area contributed by atoms with Gasteiger partial charge in [0.15, 0.2) is 5.82 Å². The number of piperazine rings is 1. The molecule has 1 saturated heterocycles. The maximum absolute atomic E-state index is 12.8. The molecule has 2 heterocycles. The van der Waals surface area contributed by atoms with Gasteiger partial charge in [-0.25, -0.2) is 8.42 Å². The third-order valence-electron chi connectivity index (χ3n) is 4.84. The first-order chi connectivity index (χ1) is 12.9. The summed E-state index contributed by atoms with van der Waals surface area (Å²) in [5.41, 5.74) is 1.04. The molecular weight excluding hydrogens is 366 g/mol. The monoisotopic (exact) mass is 393 g/mol. The van der Waals surface area contributed by atoms with Crippen molar-refractivity contribution in [2.24, 2.45) is 0 Å². The van der Waals surface area contributed by atoms with Crippen LogP contribution < -0.4 is 5.32 Å². The van der Waals surface area contributed by atoms with E-state index in [2.05, 4.69) is 27.3 Å². The summed E-state index contributed by atoms with van der Waals surface area (Å²) in [4.78, 5) is 6.91. The Hall–Kier alpha value is -1.81. The topological polar surface area (TPSA) is 91.6 Å². The molecule has 1 atom stereocenters. The molecule has 1 unspecified atom stereocenters. The third kappa shape index (κ3) is 4.92. The number of benzene rings is 1. The Morgan fingerprint density at radius 1 is 1.19 bits per heavy atom. The second-order valence-corrected chi connectivity index (χ2v) is 8.93. The number of nitrogens with zero attached hydrogens (tertiary/aromatic N) is 4. The summed E-state index contributed by atoms with van der Waals surface area (Å²) in [6.45, 7) is 6.72. The van der Waals surface area contributed by atoms with Crippen LogP contribution in [0.25, 0.3) is 0 Å². The lowest BCUT2D eigenvalue weighted by atomic mass is 10.2. The van der Waals surface area contributed by atoms with Gasteiger partial charge in [0.1, 0.15) is 0 Å². The van der Waals surface area contributed by atoms with Crippen LogP contribution in [0.1, 0.15) is 24.2 Å². The Balaban J connectivity index is 1.55. The largest absolute Gasteiger partial charge is 0.338 e. The van der Waals surface area contributed by atoms with Crippen LogP contribution in [0.15, 0.2) is 33.7 Å². The first kappa shape index (κ1) is 19.9. The minimum Gasteiger partial charge on any atom is -0.338 e. The fourth-order valence-corrected chi connectivity index (χ4v) is 4.41. The Morgan fingerprint density at radius 2 is 1.85 bits per heavy atom. The average Bonchev–Trinajstić information content (AvgIpc) is 3.09. The zero-order valence-electron chi connectivity index (χ0n) is 16.1. The summed E-state index contributed by atoms with van der Waals surface area (Å²) < 4.78 is 32.4. The molecule has 0 amide bonds. The van der Waals surface area contributed by atoms with Gasteiger partial charge in [-0.15, -0.1) is 0 Å². The van der Waals surface area contributed by atoms with Crippen molar-refractivity contribution in [2.45, 2.75) is 37.8 Å². The van der Waals surface area contributed by atoms with E-state index < -0.39 is 10.0 Å². The van der Waals surface area contributed by atoms with Crippen molar-refractivity contribution in [1.82, 2.24) is 24.7 Å². The Bertz CT molecular complexity index is 842. The number of nitrogens with one attached hydrogen (secondary N) is 1. The quantitative estimate of drug-likeness (QED) is 0.751. The first-order valence-corrected chi connectivity index (χ1v) is 10.6. The maximum Gasteiger partial charge on any atom is 0.243 e. The van der Waals surface area contributed by atoms with Crippen LogP contribution in [0.3, 0.4) is 0 Å². The molecule has 0 saturated carbocycles. The van der Waals surface area contributed by atoms with Gasteiger partial charge in [-0.05, 0) is 33.0 Å². The van der Waals surface area contributed by atoms with E-state index >= 15 is 0 Å². The lowest BCUT2D eigenvalue weighted by molar-refractivity contribution is 0.163. The van der Waals surface area contributed by atoms with E-state index in [0.29, 0.717) is 55.8 Å². The van der Waals surface area contributed by atoms with Crippen LogP contribution in [0.2, 0.25) is 0 Å². The fourth-order valence-electron chi connectivity index (χ4n) is 2.99. The van der Waals surface area contributed by atoms with Crippen LogP contribution in [0.5, 0.6) is 0 Å². The van der Waals surface area contributed by atoms with E-state index in [4.69, 9.17) is 4.52 Å². The molecule has 1 aliphatic rings. The predicted octanol–water partition coefficient (Wildman–Crippen LogP) is 1.03. The van der Waals surface area contributed by atoms with Gasteiger partial charge in [-0.1, -0.05) is 22.9 Å². The molecule has 148 valence electrons. The summed E-state index contributed by atoms with van der Waals surface area (Å²) in [5, 5.41) is 7.16. The van der Waals surface area contributed by atoms with E-state index in [9.17, 15) is 8.42 Å². The van der Waals surface area contributed by atoms with Crippen molar-refractivity contribution >= 4 is 10.0 Å². The first-order valence-electron chi connectivity index (χ1n) is 9.16. The highest BCUT2D eigenvalue weighted by molar-refractivity contribution is 7.89. The number of rotatable bonds is 7. The smallest absolute Gasteiger partial charge is 0.243 e. The molecule has 1 aliphatic heterocycles. The van der Waals surface area contributed by atoms with Crippen molar-refractivity contribution in [3.63, 3.8) is 0 Å². The number of likely N-dealkylation sites (N-methyl/N-ethyl adjacent to an activating group) is 1. The summed E-state index contributed by atoms with van der Waals surface area (Å²) in [5.74, 6) is 1.26. The van der Waals surface area contributed by atoms with Crippen molar-refractivity contribution in [3.05, 3.63) is 41.5 Å². The van der Waals surface area contributed by atoms with Gasteiger partial charge < -0.3 is 9.84 Å². The van der Waals surface area contributed by atoms with E-state index in [0.717, 1.165) is 5.56 Å². The minimum absolute atomic E-state index is 0.283. The van der Waals surface area contributed by atoms with Gasteiger partial charge in [0.2, 0.25) is 15.9 Å². The van der Waals surface area contributed by atoms with Gasteiger partial charge in [-0.2, -0.15) is 9.29 Å². The Kier molecular flexibility index (Phi) is 6.25. The number of hydrogen-bond donors (Lipinski definition) is 1. The molecule has 3 rings (SSSR count). The van der Waals surface area contributed by atoms with Crippen LogP contribution >= 0.6 is 0 Å². The molecule has 1 aromatic carbocycles. The number of aryl methyl sites for hydroxylation is 1. The number of aromatic nitrogens is 2. The summed E-state index contributed by atoms with van der Waals surface area (Å²) in [6.07, 6.45) is 0.711.